The van der Waals surface area contributed by atoms with Crippen LogP contribution < -0.4 is 4.73 Å². The van der Waals surface area contributed by atoms with Gasteiger partial charge in [0, 0.05) is 11.1 Å². The Hall–Kier alpha value is -4.11. The highest BCUT2D eigenvalue weighted by Gasteiger charge is 2.18. The maximum absolute atomic E-state index is 12.5. The van der Waals surface area contributed by atoms with Gasteiger partial charge in [-0.05, 0) is 29.7 Å². The quantitative estimate of drug-likeness (QED) is 0.408. The van der Waals surface area contributed by atoms with E-state index in [9.17, 15) is 10.5 Å². The molecule has 0 saturated heterocycles. The normalized spacial score (nSPS) is 10.4. The summed E-state index contributed by atoms with van der Waals surface area (Å²) in [6, 6.07) is 22.7. The fourth-order valence-corrected chi connectivity index (χ4v) is 2.88. The highest BCUT2D eigenvalue weighted by molar-refractivity contribution is 5.70. The predicted octanol–water partition coefficient (Wildman–Crippen LogP) is 3.69. The van der Waals surface area contributed by atoms with Gasteiger partial charge in [0.1, 0.15) is 18.0 Å². The monoisotopic (exact) mass is 365 g/mol. The molecule has 0 aliphatic rings. The summed E-state index contributed by atoms with van der Waals surface area (Å²) in [6.07, 6.45) is 1.37. The van der Waals surface area contributed by atoms with Crippen LogP contribution in [0.2, 0.25) is 0 Å². The van der Waals surface area contributed by atoms with E-state index in [-0.39, 0.29) is 11.5 Å². The van der Waals surface area contributed by atoms with Crippen LogP contribution in [0.4, 0.5) is 0 Å². The fraction of sp³-hybridized carbons (Fsp3) is 0.0455. The number of nitriles is 1. The molecule has 0 N–H and O–H groups in total. The van der Waals surface area contributed by atoms with Gasteiger partial charge in [-0.2, -0.15) is 5.26 Å². The van der Waals surface area contributed by atoms with Crippen molar-refractivity contribution >= 4 is 0 Å². The Labute approximate surface area is 162 Å². The van der Waals surface area contributed by atoms with Gasteiger partial charge in [0.05, 0.1) is 5.10 Å². The second-order valence-corrected chi connectivity index (χ2v) is 6.30. The summed E-state index contributed by atoms with van der Waals surface area (Å²) < 4.78 is 0.633. The molecular weight excluding hydrogens is 350 g/mol. The van der Waals surface area contributed by atoms with Crippen LogP contribution in [0, 0.1) is 23.5 Å². The maximum atomic E-state index is 12.5. The summed E-state index contributed by atoms with van der Waals surface area (Å²) in [5, 5.41) is 30.2. The van der Waals surface area contributed by atoms with Crippen LogP contribution >= 0.6 is 0 Å². The van der Waals surface area contributed by atoms with Gasteiger partial charge in [-0.15, -0.1) is 0 Å². The average molecular weight is 365 g/mol. The second kappa shape index (κ2) is 7.25. The van der Waals surface area contributed by atoms with E-state index < -0.39 is 0 Å². The molecule has 4 rings (SSSR count). The zero-order valence-electron chi connectivity index (χ0n) is 15.1. The van der Waals surface area contributed by atoms with E-state index in [1.165, 1.54) is 6.20 Å². The first kappa shape index (κ1) is 17.3. The molecule has 4 aromatic rings. The minimum atomic E-state index is 0.0481. The molecule has 2 aromatic heterocycles. The number of hydrogen-bond acceptors (Lipinski definition) is 5. The molecule has 0 saturated carbocycles. The Bertz CT molecular complexity index is 1180. The SMILES string of the molecule is Cc1ccc(-c2c[n+]([O-])c(-c3ccc(-c4ccccc4)c(C#N)n3)nn2)cc1. The molecule has 0 aliphatic carbocycles. The van der Waals surface area contributed by atoms with E-state index in [0.717, 1.165) is 16.7 Å². The Kier molecular flexibility index (Phi) is 4.48. The van der Waals surface area contributed by atoms with Crippen LogP contribution in [-0.2, 0) is 0 Å². The van der Waals surface area contributed by atoms with Crippen LogP contribution in [0.15, 0.2) is 72.9 Å². The molecule has 0 bridgehead atoms. The predicted molar refractivity (Wildman–Crippen MR) is 105 cm³/mol. The topological polar surface area (TPSA) is 89.4 Å². The number of benzene rings is 2. The van der Waals surface area contributed by atoms with Gasteiger partial charge in [0.2, 0.25) is 0 Å². The van der Waals surface area contributed by atoms with Crippen molar-refractivity contribution in [2.24, 2.45) is 0 Å². The first-order valence-corrected chi connectivity index (χ1v) is 8.66. The molecule has 0 aliphatic heterocycles. The van der Waals surface area contributed by atoms with Crippen LogP contribution in [-0.4, -0.2) is 15.2 Å². The number of nitrogens with zero attached hydrogens (tertiary/aromatic N) is 5. The molecule has 6 nitrogen and oxygen atoms in total. The van der Waals surface area contributed by atoms with Gasteiger partial charge in [-0.25, -0.2) is 9.71 Å². The largest absolute Gasteiger partial charge is 0.710 e. The third kappa shape index (κ3) is 3.29. The summed E-state index contributed by atoms with van der Waals surface area (Å²) in [5.41, 5.74) is 4.51. The highest BCUT2D eigenvalue weighted by atomic mass is 16.5. The zero-order chi connectivity index (χ0) is 19.5. The lowest BCUT2D eigenvalue weighted by atomic mass is 10.0. The summed E-state index contributed by atoms with van der Waals surface area (Å²) in [6.45, 7) is 1.99. The Morgan fingerprint density at radius 2 is 1.61 bits per heavy atom. The van der Waals surface area contributed by atoms with Gasteiger partial charge in [-0.1, -0.05) is 60.2 Å². The fourth-order valence-electron chi connectivity index (χ4n) is 2.88. The lowest BCUT2D eigenvalue weighted by Crippen LogP contribution is -2.31. The molecule has 0 fully saturated rings. The minimum Gasteiger partial charge on any atom is -0.710 e. The van der Waals surface area contributed by atoms with Crippen molar-refractivity contribution in [2.45, 2.75) is 6.92 Å². The van der Waals surface area contributed by atoms with Crippen LogP contribution in [0.3, 0.4) is 0 Å². The number of pyridine rings is 1. The molecular formula is C22H15N5O. The van der Waals surface area contributed by atoms with Crippen molar-refractivity contribution in [2.75, 3.05) is 0 Å². The van der Waals surface area contributed by atoms with Crippen molar-refractivity contribution in [1.82, 2.24) is 15.2 Å². The summed E-state index contributed by atoms with van der Waals surface area (Å²) in [7, 11) is 0. The molecule has 6 heteroatoms. The summed E-state index contributed by atoms with van der Waals surface area (Å²) >= 11 is 0. The van der Waals surface area contributed by atoms with E-state index >= 15 is 0 Å². The molecule has 28 heavy (non-hydrogen) atoms. The Morgan fingerprint density at radius 1 is 0.857 bits per heavy atom. The van der Waals surface area contributed by atoms with Crippen molar-refractivity contribution in [3.05, 3.63) is 89.4 Å². The molecule has 0 unspecified atom stereocenters. The molecule has 2 aromatic carbocycles. The van der Waals surface area contributed by atoms with Gasteiger partial charge in [0.25, 0.3) is 0 Å². The van der Waals surface area contributed by atoms with E-state index in [2.05, 4.69) is 21.3 Å². The number of aromatic nitrogens is 4. The van der Waals surface area contributed by atoms with E-state index in [1.807, 2.05) is 61.5 Å². The number of aryl methyl sites for hydroxylation is 1. The van der Waals surface area contributed by atoms with E-state index in [0.29, 0.717) is 21.7 Å². The molecule has 0 radical (unpaired) electrons. The van der Waals surface area contributed by atoms with Crippen molar-refractivity contribution in [3.8, 4) is 40.0 Å². The van der Waals surface area contributed by atoms with Crippen molar-refractivity contribution in [3.63, 3.8) is 0 Å². The highest BCUT2D eigenvalue weighted by Crippen LogP contribution is 2.24. The van der Waals surface area contributed by atoms with Crippen molar-refractivity contribution < 1.29 is 4.73 Å². The lowest BCUT2D eigenvalue weighted by molar-refractivity contribution is -0.597. The second-order valence-electron chi connectivity index (χ2n) is 6.30. The van der Waals surface area contributed by atoms with Crippen LogP contribution in [0.25, 0.3) is 33.9 Å². The molecule has 2 heterocycles. The molecule has 134 valence electrons. The first-order valence-electron chi connectivity index (χ1n) is 8.66. The van der Waals surface area contributed by atoms with Crippen molar-refractivity contribution in [1.29, 1.82) is 5.26 Å². The lowest BCUT2D eigenvalue weighted by Gasteiger charge is -2.08. The number of rotatable bonds is 3. The Morgan fingerprint density at radius 3 is 2.29 bits per heavy atom. The smallest absolute Gasteiger partial charge is 0.379 e. The van der Waals surface area contributed by atoms with E-state index in [1.54, 1.807) is 12.1 Å². The van der Waals surface area contributed by atoms with Gasteiger partial charge in [0.15, 0.2) is 11.4 Å². The first-order chi connectivity index (χ1) is 13.7. The van der Waals surface area contributed by atoms with Gasteiger partial charge >= 0.3 is 5.82 Å². The minimum absolute atomic E-state index is 0.0481. The van der Waals surface area contributed by atoms with Gasteiger partial charge < -0.3 is 5.21 Å². The van der Waals surface area contributed by atoms with E-state index in [4.69, 9.17) is 0 Å². The van der Waals surface area contributed by atoms with Crippen LogP contribution in [0.1, 0.15) is 11.3 Å². The Balaban J connectivity index is 1.73. The standard InChI is InChI=1S/C22H15N5O/c1-15-7-9-17(10-8-15)21-14-27(28)22(26-25-21)19-12-11-18(20(13-23)24-19)16-5-3-2-4-6-16/h2-12,14H,1H3. The molecule has 0 atom stereocenters. The van der Waals surface area contributed by atoms with Crippen LogP contribution in [0.5, 0.6) is 0 Å². The third-order valence-electron chi connectivity index (χ3n) is 4.36. The maximum Gasteiger partial charge on any atom is 0.379 e. The molecule has 0 spiro atoms. The summed E-state index contributed by atoms with van der Waals surface area (Å²) in [4.78, 5) is 4.33. The zero-order valence-corrected chi connectivity index (χ0v) is 15.1. The number of hydrogen-bond donors (Lipinski definition) is 0. The molecule has 0 amide bonds. The third-order valence-corrected chi connectivity index (χ3v) is 4.36. The summed E-state index contributed by atoms with van der Waals surface area (Å²) in [5.74, 6) is 0.0481. The van der Waals surface area contributed by atoms with Gasteiger partial charge in [-0.3, -0.25) is 0 Å². The average Bonchev–Trinajstić information content (AvgIpc) is 2.74.